The highest BCUT2D eigenvalue weighted by molar-refractivity contribution is 6.36. The number of urea groups is 1. The van der Waals surface area contributed by atoms with Gasteiger partial charge in [-0.3, -0.25) is 0 Å². The van der Waals surface area contributed by atoms with Crippen LogP contribution in [0.4, 0.5) is 19.3 Å². The summed E-state index contributed by atoms with van der Waals surface area (Å²) in [6.07, 6.45) is 2.92. The highest BCUT2D eigenvalue weighted by Gasteiger charge is 2.17. The van der Waals surface area contributed by atoms with Gasteiger partial charge in [-0.15, -0.1) is 0 Å². The number of pyridine rings is 1. The lowest BCUT2D eigenvalue weighted by Crippen LogP contribution is -2.28. The molecule has 130 valence electrons. The smallest absolute Gasteiger partial charge is 0.319 e. The van der Waals surface area contributed by atoms with E-state index >= 15 is 0 Å². The summed E-state index contributed by atoms with van der Waals surface area (Å²) < 4.78 is 33.9. The van der Waals surface area contributed by atoms with Gasteiger partial charge in [0, 0.05) is 36.8 Å². The van der Waals surface area contributed by atoms with Crippen LogP contribution < -0.4 is 15.4 Å². The second-order valence-electron chi connectivity index (χ2n) is 5.02. The molecule has 3 aromatic rings. The molecule has 0 aliphatic rings. The minimum absolute atomic E-state index is 0.0344. The van der Waals surface area contributed by atoms with Gasteiger partial charge in [0.2, 0.25) is 0 Å². The first-order chi connectivity index (χ1) is 12.0. The van der Waals surface area contributed by atoms with Gasteiger partial charge in [-0.1, -0.05) is 11.6 Å². The van der Waals surface area contributed by atoms with E-state index in [9.17, 15) is 13.6 Å². The van der Waals surface area contributed by atoms with Gasteiger partial charge in [-0.25, -0.2) is 18.6 Å². The summed E-state index contributed by atoms with van der Waals surface area (Å²) in [5, 5.41) is 5.51. The van der Waals surface area contributed by atoms with Crippen molar-refractivity contribution in [3.8, 4) is 11.5 Å². The van der Waals surface area contributed by atoms with Crippen LogP contribution in [0.2, 0.25) is 5.02 Å². The summed E-state index contributed by atoms with van der Waals surface area (Å²) >= 11 is 6.04. The van der Waals surface area contributed by atoms with Crippen LogP contribution in [0.1, 0.15) is 6.92 Å². The fourth-order valence-electron chi connectivity index (χ4n) is 2.25. The number of halogens is 3. The summed E-state index contributed by atoms with van der Waals surface area (Å²) in [6, 6.07) is 2.81. The molecule has 2 heterocycles. The summed E-state index contributed by atoms with van der Waals surface area (Å²) in [7, 11) is 0. The summed E-state index contributed by atoms with van der Waals surface area (Å²) in [4.78, 5) is 18.3. The SMILES string of the molecule is CCNC(=O)Nc1cc(F)c(Oc2ccnc3[nH]cc(Cl)c23)c(F)c1. The van der Waals surface area contributed by atoms with E-state index in [0.717, 1.165) is 12.1 Å². The van der Waals surface area contributed by atoms with E-state index in [2.05, 4.69) is 20.6 Å². The molecule has 0 aliphatic heterocycles. The Morgan fingerprint density at radius 2 is 2.08 bits per heavy atom. The molecule has 6 nitrogen and oxygen atoms in total. The average molecular weight is 367 g/mol. The van der Waals surface area contributed by atoms with E-state index in [4.69, 9.17) is 16.3 Å². The Bertz CT molecular complexity index is 922. The van der Waals surface area contributed by atoms with Crippen molar-refractivity contribution in [1.29, 1.82) is 0 Å². The topological polar surface area (TPSA) is 79.0 Å². The van der Waals surface area contributed by atoms with Crippen molar-refractivity contribution < 1.29 is 18.3 Å². The lowest BCUT2D eigenvalue weighted by Gasteiger charge is -2.11. The van der Waals surface area contributed by atoms with Crippen molar-refractivity contribution in [3.05, 3.63) is 47.2 Å². The van der Waals surface area contributed by atoms with Gasteiger partial charge >= 0.3 is 6.03 Å². The second-order valence-corrected chi connectivity index (χ2v) is 5.43. The number of amides is 2. The Balaban J connectivity index is 1.92. The van der Waals surface area contributed by atoms with Crippen molar-refractivity contribution in [2.75, 3.05) is 11.9 Å². The number of hydrogen-bond acceptors (Lipinski definition) is 3. The largest absolute Gasteiger partial charge is 0.450 e. The van der Waals surface area contributed by atoms with Gasteiger partial charge in [0.05, 0.1) is 10.4 Å². The van der Waals surface area contributed by atoms with Crippen molar-refractivity contribution in [2.45, 2.75) is 6.92 Å². The minimum Gasteiger partial charge on any atom is -0.450 e. The van der Waals surface area contributed by atoms with Gasteiger partial charge in [0.25, 0.3) is 0 Å². The molecule has 2 aromatic heterocycles. The number of ether oxygens (including phenoxy) is 1. The zero-order chi connectivity index (χ0) is 18.0. The average Bonchev–Trinajstić information content (AvgIpc) is 2.93. The predicted octanol–water partition coefficient (Wildman–Crippen LogP) is 4.43. The minimum atomic E-state index is -0.969. The Kier molecular flexibility index (Phi) is 4.71. The van der Waals surface area contributed by atoms with Crippen LogP contribution in [0.5, 0.6) is 11.5 Å². The maximum atomic E-state index is 14.3. The van der Waals surface area contributed by atoms with Gasteiger partial charge < -0.3 is 20.4 Å². The number of hydrogen-bond donors (Lipinski definition) is 3. The van der Waals surface area contributed by atoms with Gasteiger partial charge in [0.15, 0.2) is 17.4 Å². The maximum Gasteiger partial charge on any atom is 0.319 e. The molecule has 2 amide bonds. The standard InChI is InChI=1S/C16H13ClF2N4O2/c1-2-20-16(24)23-8-5-10(18)14(11(19)6-8)25-12-3-4-21-15-13(12)9(17)7-22-15/h3-7H,2H2,1H3,(H,21,22)(H2,20,23,24). The maximum absolute atomic E-state index is 14.3. The van der Waals surface area contributed by atoms with Crippen LogP contribution in [0.25, 0.3) is 11.0 Å². The number of benzene rings is 1. The molecule has 0 radical (unpaired) electrons. The Morgan fingerprint density at radius 1 is 1.36 bits per heavy atom. The lowest BCUT2D eigenvalue weighted by molar-refractivity contribution is 0.252. The zero-order valence-electron chi connectivity index (χ0n) is 13.0. The molecule has 9 heteroatoms. The molecule has 0 spiro atoms. The number of nitrogens with one attached hydrogen (secondary N) is 3. The molecule has 0 saturated carbocycles. The number of aromatic nitrogens is 2. The molecule has 1 aromatic carbocycles. The van der Waals surface area contributed by atoms with E-state index in [0.29, 0.717) is 22.6 Å². The number of aromatic amines is 1. The fraction of sp³-hybridized carbons (Fsp3) is 0.125. The van der Waals surface area contributed by atoms with E-state index in [1.165, 1.54) is 18.5 Å². The third-order valence-electron chi connectivity index (χ3n) is 3.29. The van der Waals surface area contributed by atoms with E-state index in [1.807, 2.05) is 0 Å². The Morgan fingerprint density at radius 3 is 2.76 bits per heavy atom. The number of fused-ring (bicyclic) bond motifs is 1. The Hall–Kier alpha value is -2.87. The molecule has 3 N–H and O–H groups in total. The first-order valence-electron chi connectivity index (χ1n) is 7.33. The van der Waals surface area contributed by atoms with E-state index in [-0.39, 0.29) is 11.4 Å². The Labute approximate surface area is 146 Å². The van der Waals surface area contributed by atoms with Gasteiger partial charge in [-0.05, 0) is 13.0 Å². The first-order valence-corrected chi connectivity index (χ1v) is 7.70. The number of anilines is 1. The highest BCUT2D eigenvalue weighted by Crippen LogP contribution is 2.36. The van der Waals surface area contributed by atoms with Gasteiger partial charge in [0.1, 0.15) is 11.4 Å². The van der Waals surface area contributed by atoms with E-state index in [1.54, 1.807) is 6.92 Å². The third-order valence-corrected chi connectivity index (χ3v) is 3.59. The van der Waals surface area contributed by atoms with Crippen LogP contribution in [-0.2, 0) is 0 Å². The summed E-state index contributed by atoms with van der Waals surface area (Å²) in [6.45, 7) is 2.10. The van der Waals surface area contributed by atoms with Crippen LogP contribution in [0.15, 0.2) is 30.6 Å². The highest BCUT2D eigenvalue weighted by atomic mass is 35.5. The van der Waals surface area contributed by atoms with E-state index < -0.39 is 23.4 Å². The third kappa shape index (κ3) is 3.48. The van der Waals surface area contributed by atoms with Crippen molar-refractivity contribution >= 4 is 34.4 Å². The van der Waals surface area contributed by atoms with Crippen LogP contribution in [0, 0.1) is 11.6 Å². The zero-order valence-corrected chi connectivity index (χ0v) is 13.7. The molecule has 25 heavy (non-hydrogen) atoms. The first kappa shape index (κ1) is 17.0. The molecule has 0 atom stereocenters. The predicted molar refractivity (Wildman–Crippen MR) is 90.2 cm³/mol. The second kappa shape index (κ2) is 6.94. The monoisotopic (exact) mass is 366 g/mol. The van der Waals surface area contributed by atoms with Crippen molar-refractivity contribution in [3.63, 3.8) is 0 Å². The van der Waals surface area contributed by atoms with Crippen molar-refractivity contribution in [1.82, 2.24) is 15.3 Å². The molecule has 3 rings (SSSR count). The number of nitrogens with zero attached hydrogens (tertiary/aromatic N) is 1. The fourth-order valence-corrected chi connectivity index (χ4v) is 2.49. The summed E-state index contributed by atoms with van der Waals surface area (Å²) in [5.41, 5.74) is 0.394. The molecule has 0 saturated heterocycles. The van der Waals surface area contributed by atoms with Crippen LogP contribution >= 0.6 is 11.6 Å². The molecule has 0 fully saturated rings. The summed E-state index contributed by atoms with van der Waals surface area (Å²) in [5.74, 6) is -2.39. The number of carbonyl (C=O) groups is 1. The van der Waals surface area contributed by atoms with Crippen LogP contribution in [-0.4, -0.2) is 22.5 Å². The molecular formula is C16H13ClF2N4O2. The molecular weight excluding hydrogens is 354 g/mol. The normalized spacial score (nSPS) is 10.7. The molecule has 0 aliphatic carbocycles. The quantitative estimate of drug-likeness (QED) is 0.639. The molecule has 0 bridgehead atoms. The van der Waals surface area contributed by atoms with Crippen molar-refractivity contribution in [2.24, 2.45) is 0 Å². The molecule has 0 unspecified atom stereocenters. The number of H-pyrrole nitrogens is 1. The number of carbonyl (C=O) groups excluding carboxylic acids is 1. The van der Waals surface area contributed by atoms with Crippen LogP contribution in [0.3, 0.4) is 0 Å². The number of rotatable bonds is 4. The van der Waals surface area contributed by atoms with Gasteiger partial charge in [-0.2, -0.15) is 0 Å². The lowest BCUT2D eigenvalue weighted by atomic mass is 10.2.